The lowest BCUT2D eigenvalue weighted by atomic mass is 9.51. The lowest BCUT2D eigenvalue weighted by Gasteiger charge is -2.58. The number of para-hydroxylation sites is 1. The number of carbonyl (C=O) groups excluding carboxylic acids is 8. The van der Waals surface area contributed by atoms with Crippen molar-refractivity contribution in [2.24, 2.45) is 34.3 Å². The molecule has 3 aliphatic rings. The van der Waals surface area contributed by atoms with Crippen LogP contribution in [0.4, 0.5) is 14.7 Å². The largest absolute Gasteiger partial charge is 0.476 e. The van der Waals surface area contributed by atoms with E-state index < -0.39 is 55.3 Å². The van der Waals surface area contributed by atoms with Crippen molar-refractivity contribution in [3.63, 3.8) is 0 Å². The number of ether oxygens (including phenoxy) is 2. The van der Waals surface area contributed by atoms with Crippen molar-refractivity contribution in [1.29, 1.82) is 0 Å². The highest BCUT2D eigenvalue weighted by Gasteiger charge is 2.56. The number of benzene rings is 4. The molecule has 0 radical (unpaired) electrons. The van der Waals surface area contributed by atoms with Gasteiger partial charge in [0.2, 0.25) is 5.91 Å². The molecular formula is C77H93N10O15PS. The molecule has 1 aliphatic heterocycles. The number of unbranched alkanes of at least 4 members (excludes halogenated alkanes) is 2. The number of fused-ring (bicyclic) bond motifs is 4. The number of aromatic carboxylic acids is 1. The molecule has 27 heteroatoms. The van der Waals surface area contributed by atoms with Crippen molar-refractivity contribution in [2.75, 3.05) is 44.3 Å². The molecule has 10 rings (SSSR count). The Labute approximate surface area is 608 Å². The standard InChI is InChI=1S/C77H93N10O15PS/c1-48(2)58(39-55(88)16-8-7-11-33-86-66(90)29-30-67(86)91)70(93)82-62(19-13-31-79-72(78)96)64(89)37-51-21-23-52(24-22-51)43-101-74(97)85(32-14-36-103(98,99)100)34-35-102-77-41-49(3)40-75(5,45-77)44-76(6,46-77)47-87-50(4)60(42-80-87)56-27-28-61(81-68(56)71(94)95)54-26-25-53-15-12-17-57(59(53)38-54)69(92)84-73-83-63-18-9-10-20-65(63)104-73/h9-10,12,15,17-18,20-30,38,42,48-49,58,62H,7-8,11,13-14,16,19,31-37,39-41,43-47H2,1-6H3,(H,82,93)(H,94,95)(H3,78,79,96)(H,83,84,92)(H2,98,99,100)/t49?,58-,62-,75?,76?,77?/m0/s1. The number of nitrogens with two attached hydrogens (primary N) is 1. The fourth-order valence-electron chi connectivity index (χ4n) is 15.8. The third-order valence-corrected chi connectivity index (χ3v) is 21.9. The number of nitrogens with zero attached hydrogens (tertiary/aromatic N) is 6. The van der Waals surface area contributed by atoms with Crippen molar-refractivity contribution in [3.05, 3.63) is 143 Å². The van der Waals surface area contributed by atoms with E-state index in [9.17, 15) is 62.6 Å². The number of pyridine rings is 1. The summed E-state index contributed by atoms with van der Waals surface area (Å²) >= 11 is 1.38. The maximum atomic E-state index is 14.0. The number of ketones is 2. The van der Waals surface area contributed by atoms with Gasteiger partial charge in [0.1, 0.15) is 12.4 Å². The van der Waals surface area contributed by atoms with E-state index in [2.05, 4.69) is 41.7 Å². The molecule has 2 aliphatic carbocycles. The van der Waals surface area contributed by atoms with Crippen LogP contribution in [0, 0.1) is 35.5 Å². The number of nitrogens with one attached hydrogen (secondary N) is 3. The number of urea groups is 1. The first-order valence-corrected chi connectivity index (χ1v) is 38.1. The second-order valence-electron chi connectivity index (χ2n) is 29.4. The molecule has 0 spiro atoms. The summed E-state index contributed by atoms with van der Waals surface area (Å²) in [6.45, 7) is 13.2. The van der Waals surface area contributed by atoms with Crippen molar-refractivity contribution in [2.45, 2.75) is 156 Å². The highest BCUT2D eigenvalue weighted by molar-refractivity contribution is 7.51. The Balaban J connectivity index is 0.758. The van der Waals surface area contributed by atoms with Crippen molar-refractivity contribution < 1.29 is 72.1 Å². The van der Waals surface area contributed by atoms with E-state index in [0.29, 0.717) is 94.2 Å². The van der Waals surface area contributed by atoms with Gasteiger partial charge >= 0.3 is 25.7 Å². The number of amides is 7. The Morgan fingerprint density at radius 2 is 1.59 bits per heavy atom. The zero-order valence-corrected chi connectivity index (χ0v) is 61.4. The van der Waals surface area contributed by atoms with E-state index in [-0.39, 0.29) is 123 Å². The minimum atomic E-state index is -4.41. The Hall–Kier alpha value is -9.33. The quantitative estimate of drug-likeness (QED) is 0.0110. The van der Waals surface area contributed by atoms with Crippen molar-refractivity contribution >= 4 is 98.3 Å². The van der Waals surface area contributed by atoms with Crippen LogP contribution in [0.5, 0.6) is 0 Å². The predicted molar refractivity (Wildman–Crippen MR) is 394 cm³/mol. The summed E-state index contributed by atoms with van der Waals surface area (Å²) in [5.41, 5.74) is 9.23. The van der Waals surface area contributed by atoms with Crippen LogP contribution in [-0.4, -0.2) is 148 Å². The number of imide groups is 1. The minimum absolute atomic E-state index is 0.00604. The Morgan fingerprint density at radius 1 is 0.837 bits per heavy atom. The number of hydrogen-bond donors (Lipinski definition) is 7. The number of thiazole rings is 1. The van der Waals surface area contributed by atoms with Crippen LogP contribution >= 0.6 is 18.9 Å². The molecule has 0 saturated heterocycles. The van der Waals surface area contributed by atoms with Crippen LogP contribution < -0.4 is 21.7 Å². The monoisotopic (exact) mass is 1460 g/mol. The molecule has 4 aromatic carbocycles. The van der Waals surface area contributed by atoms with E-state index >= 15 is 0 Å². The van der Waals surface area contributed by atoms with Gasteiger partial charge in [-0.15, -0.1) is 0 Å². The van der Waals surface area contributed by atoms with E-state index in [1.165, 1.54) is 28.4 Å². The second kappa shape index (κ2) is 33.6. The number of Topliss-reactive ketones (excluding diaryl/α,β-unsaturated/α-hetero) is 2. The van der Waals surface area contributed by atoms with Crippen LogP contribution in [0.1, 0.15) is 156 Å². The fourth-order valence-corrected chi connectivity index (χ4v) is 17.2. The van der Waals surface area contributed by atoms with Gasteiger partial charge in [-0.05, 0) is 152 Å². The third kappa shape index (κ3) is 20.1. The molecule has 25 nitrogen and oxygen atoms in total. The summed E-state index contributed by atoms with van der Waals surface area (Å²) in [5.74, 6) is -3.82. The van der Waals surface area contributed by atoms with Gasteiger partial charge in [-0.1, -0.05) is 113 Å². The summed E-state index contributed by atoms with van der Waals surface area (Å²) in [6, 6.07) is 27.3. The predicted octanol–water partition coefficient (Wildman–Crippen LogP) is 12.0. The SMILES string of the molecule is Cc1c(-c2ccc(-c3ccc4cccc(C(=O)Nc5nc6ccccc6s5)c4c3)nc2C(=O)O)cnn1CC1(C)CC2(C)CC(C)CC(OCCN(CCCP(=O)(O)O)C(=O)OCc3ccc(CC(=O)[C@H](CCCNC(N)=O)NC(=O)[C@@H](CC(=O)CCCCCN4C(=O)C=CC4=O)C(C)C)cc3)(C2)C1. The molecule has 2 fully saturated rings. The molecule has 2 bridgehead atoms. The molecular weight excluding hydrogens is 1370 g/mol. The summed E-state index contributed by atoms with van der Waals surface area (Å²) in [4.78, 5) is 149. The average molecular weight is 1460 g/mol. The van der Waals surface area contributed by atoms with Gasteiger partial charge < -0.3 is 45.6 Å². The number of anilines is 1. The van der Waals surface area contributed by atoms with Gasteiger partial charge in [0.25, 0.3) is 17.7 Å². The molecule has 4 heterocycles. The molecule has 4 unspecified atom stereocenters. The molecule has 2 saturated carbocycles. The maximum absolute atomic E-state index is 14.0. The summed E-state index contributed by atoms with van der Waals surface area (Å²) in [5, 5.41) is 25.9. The van der Waals surface area contributed by atoms with E-state index in [1.807, 2.05) is 80.1 Å². The number of aromatic nitrogens is 4. The first-order valence-electron chi connectivity index (χ1n) is 35.5. The first-order chi connectivity index (χ1) is 49.4. The Kier molecular flexibility index (Phi) is 25.0. The molecule has 7 amide bonds. The maximum Gasteiger partial charge on any atom is 0.410 e. The van der Waals surface area contributed by atoms with Gasteiger partial charge in [0.05, 0.1) is 46.5 Å². The molecule has 3 aromatic heterocycles. The second-order valence-corrected chi connectivity index (χ2v) is 32.2. The zero-order chi connectivity index (χ0) is 74.7. The Bertz CT molecular complexity index is 4400. The van der Waals surface area contributed by atoms with Crippen LogP contribution in [0.2, 0.25) is 0 Å². The van der Waals surface area contributed by atoms with Crippen molar-refractivity contribution in [3.8, 4) is 22.4 Å². The number of rotatable bonds is 35. The van der Waals surface area contributed by atoms with Crippen LogP contribution in [0.25, 0.3) is 43.4 Å². The van der Waals surface area contributed by atoms with Crippen LogP contribution in [0.15, 0.2) is 115 Å². The molecule has 552 valence electrons. The van der Waals surface area contributed by atoms with Gasteiger partial charge in [0, 0.05) is 98.0 Å². The minimum Gasteiger partial charge on any atom is -0.476 e. The van der Waals surface area contributed by atoms with Gasteiger partial charge in [-0.25, -0.2) is 24.4 Å². The first kappa shape index (κ1) is 77.3. The summed E-state index contributed by atoms with van der Waals surface area (Å²) in [7, 11) is -4.41. The third-order valence-electron chi connectivity index (χ3n) is 20.0. The topological polar surface area (TPSA) is 362 Å². The normalized spacial score (nSPS) is 19.3. The number of carboxylic acid groups (broad SMARTS) is 1. The van der Waals surface area contributed by atoms with Crippen LogP contribution in [0.3, 0.4) is 0 Å². The number of carbonyl (C=O) groups is 9. The highest BCUT2D eigenvalue weighted by atomic mass is 32.1. The molecule has 6 atom stereocenters. The highest BCUT2D eigenvalue weighted by Crippen LogP contribution is 2.60. The lowest BCUT2D eigenvalue weighted by Crippen LogP contribution is -2.55. The van der Waals surface area contributed by atoms with E-state index in [4.69, 9.17) is 25.3 Å². The van der Waals surface area contributed by atoms with Gasteiger partial charge in [0.15, 0.2) is 16.6 Å². The lowest BCUT2D eigenvalue weighted by molar-refractivity contribution is -0.179. The van der Waals surface area contributed by atoms with E-state index in [0.717, 1.165) is 51.9 Å². The average Bonchev–Trinajstić information content (AvgIpc) is 0.824. The zero-order valence-electron chi connectivity index (χ0n) is 59.7. The number of carboxylic acids is 1. The Morgan fingerprint density at radius 3 is 2.31 bits per heavy atom. The number of primary amides is 1. The van der Waals surface area contributed by atoms with Gasteiger partial charge in [-0.2, -0.15) is 5.10 Å². The smallest absolute Gasteiger partial charge is 0.410 e. The molecule has 8 N–H and O–H groups in total. The molecule has 7 aromatic rings. The molecule has 104 heavy (non-hydrogen) atoms. The van der Waals surface area contributed by atoms with Gasteiger partial charge in [-0.3, -0.25) is 48.2 Å². The summed E-state index contributed by atoms with van der Waals surface area (Å²) < 4.78 is 27.8. The van der Waals surface area contributed by atoms with Crippen molar-refractivity contribution in [1.82, 2.24) is 40.2 Å². The van der Waals surface area contributed by atoms with E-state index in [1.54, 1.807) is 48.7 Å². The fraction of sp³-hybridized carbons (Fsp3) is 0.455. The number of hydrogen-bond acceptors (Lipinski definition) is 16. The van der Waals surface area contributed by atoms with Crippen LogP contribution in [-0.2, 0) is 57.6 Å². The summed E-state index contributed by atoms with van der Waals surface area (Å²) in [6.07, 6.45) is 9.17.